The predicted molar refractivity (Wildman–Crippen MR) is 139 cm³/mol. The third-order valence-corrected chi connectivity index (χ3v) is 6.02. The van der Waals surface area contributed by atoms with E-state index in [2.05, 4.69) is 72.0 Å². The summed E-state index contributed by atoms with van der Waals surface area (Å²) in [6.45, 7) is 0. The fraction of sp³-hybridized carbons (Fsp3) is 0. The number of nitrogens with two attached hydrogens (primary N) is 1. The quantitative estimate of drug-likeness (QED) is 0.279. The molecule has 5 aromatic carbocycles. The summed E-state index contributed by atoms with van der Waals surface area (Å²) in [5.74, 6) is 0. The second-order valence-corrected chi connectivity index (χ2v) is 8.15. The Morgan fingerprint density at radius 3 is 1.97 bits per heavy atom. The van der Waals surface area contributed by atoms with Gasteiger partial charge in [0.25, 0.3) is 0 Å². The maximum absolute atomic E-state index is 6.35. The van der Waals surface area contributed by atoms with E-state index in [0.717, 1.165) is 61.3 Å². The van der Waals surface area contributed by atoms with Crippen molar-refractivity contribution in [3.05, 3.63) is 115 Å². The number of furan rings is 1. The summed E-state index contributed by atoms with van der Waals surface area (Å²) in [4.78, 5) is 0. The molecular weight excluding hydrogens is 404 g/mol. The number of benzene rings is 5. The largest absolute Gasteiger partial charge is 0.455 e. The Hall–Kier alpha value is -4.50. The minimum atomic E-state index is 0.770. The van der Waals surface area contributed by atoms with Gasteiger partial charge in [0.2, 0.25) is 0 Å². The van der Waals surface area contributed by atoms with Gasteiger partial charge in [0, 0.05) is 27.7 Å². The molecule has 158 valence electrons. The van der Waals surface area contributed by atoms with E-state index in [1.165, 1.54) is 0 Å². The van der Waals surface area contributed by atoms with Crippen LogP contribution in [0.15, 0.2) is 120 Å². The van der Waals surface area contributed by atoms with Crippen LogP contribution in [0.1, 0.15) is 0 Å². The van der Waals surface area contributed by atoms with Crippen LogP contribution in [0.3, 0.4) is 0 Å². The van der Waals surface area contributed by atoms with Crippen LogP contribution in [-0.4, -0.2) is 0 Å². The van der Waals surface area contributed by atoms with Crippen LogP contribution in [0, 0.1) is 0 Å². The minimum absolute atomic E-state index is 0.770. The van der Waals surface area contributed by atoms with Gasteiger partial charge in [-0.25, -0.2) is 0 Å². The van der Waals surface area contributed by atoms with E-state index in [9.17, 15) is 0 Å². The summed E-state index contributed by atoms with van der Waals surface area (Å²) >= 11 is 0. The van der Waals surface area contributed by atoms with Gasteiger partial charge in [0.1, 0.15) is 11.2 Å². The topological polar surface area (TPSA) is 51.2 Å². The van der Waals surface area contributed by atoms with Crippen LogP contribution in [0.4, 0.5) is 17.1 Å². The monoisotopic (exact) mass is 426 g/mol. The Labute approximate surface area is 192 Å². The summed E-state index contributed by atoms with van der Waals surface area (Å²) < 4.78 is 6.35. The Kier molecular flexibility index (Phi) is 4.59. The van der Waals surface area contributed by atoms with Crippen LogP contribution in [0.5, 0.6) is 0 Å². The van der Waals surface area contributed by atoms with Crippen molar-refractivity contribution in [2.45, 2.75) is 0 Å². The lowest BCUT2D eigenvalue weighted by atomic mass is 9.99. The Bertz CT molecular complexity index is 1560. The van der Waals surface area contributed by atoms with Crippen LogP contribution in [0.2, 0.25) is 0 Å². The van der Waals surface area contributed by atoms with Crippen molar-refractivity contribution < 1.29 is 4.42 Å². The van der Waals surface area contributed by atoms with Gasteiger partial charge in [0.05, 0.1) is 5.69 Å². The van der Waals surface area contributed by atoms with Crippen molar-refractivity contribution in [1.29, 1.82) is 0 Å². The zero-order valence-electron chi connectivity index (χ0n) is 18.0. The highest BCUT2D eigenvalue weighted by Crippen LogP contribution is 2.41. The summed E-state index contributed by atoms with van der Waals surface area (Å²) in [7, 11) is 0. The SMILES string of the molecule is Nc1ccc(-c2ccc(Nc3ccc4c(oc5ccccc54)c3-c3ccccc3)cc2)cc1. The third kappa shape index (κ3) is 3.50. The summed E-state index contributed by atoms with van der Waals surface area (Å²) in [5, 5.41) is 5.86. The van der Waals surface area contributed by atoms with Crippen molar-refractivity contribution in [1.82, 2.24) is 0 Å². The molecule has 0 aliphatic heterocycles. The van der Waals surface area contributed by atoms with Crippen molar-refractivity contribution >= 4 is 39.0 Å². The maximum atomic E-state index is 6.35. The van der Waals surface area contributed by atoms with Crippen molar-refractivity contribution in [3.63, 3.8) is 0 Å². The smallest absolute Gasteiger partial charge is 0.145 e. The first-order valence-electron chi connectivity index (χ1n) is 11.0. The molecule has 0 aliphatic rings. The molecular formula is C30H22N2O. The Morgan fingerprint density at radius 2 is 1.21 bits per heavy atom. The summed E-state index contributed by atoms with van der Waals surface area (Å²) in [6, 6.07) is 39.2. The molecule has 6 aromatic rings. The van der Waals surface area contributed by atoms with Crippen molar-refractivity contribution in [3.8, 4) is 22.3 Å². The second-order valence-electron chi connectivity index (χ2n) is 8.15. The van der Waals surface area contributed by atoms with E-state index in [1.54, 1.807) is 0 Å². The van der Waals surface area contributed by atoms with Crippen LogP contribution < -0.4 is 11.1 Å². The average Bonchev–Trinajstić information content (AvgIpc) is 3.24. The Balaban J connectivity index is 1.44. The summed E-state index contributed by atoms with van der Waals surface area (Å²) in [5.41, 5.74) is 14.9. The van der Waals surface area contributed by atoms with Gasteiger partial charge in [-0.1, -0.05) is 72.8 Å². The minimum Gasteiger partial charge on any atom is -0.455 e. The normalized spacial score (nSPS) is 11.2. The highest BCUT2D eigenvalue weighted by Gasteiger charge is 2.16. The van der Waals surface area contributed by atoms with Crippen molar-refractivity contribution in [2.75, 3.05) is 11.1 Å². The van der Waals surface area contributed by atoms with E-state index in [0.29, 0.717) is 0 Å². The zero-order chi connectivity index (χ0) is 22.2. The Morgan fingerprint density at radius 1 is 0.545 bits per heavy atom. The zero-order valence-corrected chi connectivity index (χ0v) is 18.0. The number of hydrogen-bond donors (Lipinski definition) is 2. The molecule has 1 heterocycles. The fourth-order valence-electron chi connectivity index (χ4n) is 4.36. The number of fused-ring (bicyclic) bond motifs is 3. The molecule has 6 rings (SSSR count). The molecule has 0 amide bonds. The van der Waals surface area contributed by atoms with Crippen LogP contribution >= 0.6 is 0 Å². The van der Waals surface area contributed by atoms with Crippen molar-refractivity contribution in [2.24, 2.45) is 0 Å². The van der Waals surface area contributed by atoms with E-state index in [4.69, 9.17) is 10.2 Å². The van der Waals surface area contributed by atoms with Gasteiger partial charge in [-0.3, -0.25) is 0 Å². The maximum Gasteiger partial charge on any atom is 0.145 e. The summed E-state index contributed by atoms with van der Waals surface area (Å²) in [6.07, 6.45) is 0. The molecule has 0 aliphatic carbocycles. The van der Waals surface area contributed by atoms with Gasteiger partial charge in [-0.05, 0) is 59.2 Å². The first-order chi connectivity index (χ1) is 16.3. The standard InChI is InChI=1S/C30H22N2O/c31-23-14-10-20(11-15-23)21-12-16-24(17-13-21)32-27-19-18-26-25-8-4-5-9-28(25)33-30(26)29(27)22-6-2-1-3-7-22/h1-19,32H,31H2. The number of hydrogen-bond acceptors (Lipinski definition) is 3. The molecule has 0 unspecified atom stereocenters. The van der Waals surface area contributed by atoms with Crippen LogP contribution in [-0.2, 0) is 0 Å². The number of anilines is 3. The predicted octanol–water partition coefficient (Wildman–Crippen LogP) is 8.25. The van der Waals surface area contributed by atoms with Gasteiger partial charge >= 0.3 is 0 Å². The van der Waals surface area contributed by atoms with E-state index in [-0.39, 0.29) is 0 Å². The lowest BCUT2D eigenvalue weighted by Crippen LogP contribution is -1.94. The molecule has 0 saturated heterocycles. The molecule has 3 nitrogen and oxygen atoms in total. The van der Waals surface area contributed by atoms with E-state index in [1.807, 2.05) is 48.5 Å². The number of rotatable bonds is 4. The van der Waals surface area contributed by atoms with Gasteiger partial charge in [0.15, 0.2) is 0 Å². The molecule has 0 saturated carbocycles. The highest BCUT2D eigenvalue weighted by molar-refractivity contribution is 6.12. The van der Waals surface area contributed by atoms with Crippen LogP contribution in [0.25, 0.3) is 44.2 Å². The second kappa shape index (κ2) is 7.88. The third-order valence-electron chi connectivity index (χ3n) is 6.02. The van der Waals surface area contributed by atoms with E-state index >= 15 is 0 Å². The lowest BCUT2D eigenvalue weighted by Gasteiger charge is -2.14. The number of nitrogens with one attached hydrogen (secondary N) is 1. The molecule has 3 heteroatoms. The fourth-order valence-corrected chi connectivity index (χ4v) is 4.36. The first kappa shape index (κ1) is 19.2. The molecule has 0 atom stereocenters. The molecule has 0 radical (unpaired) electrons. The van der Waals surface area contributed by atoms with Gasteiger partial charge < -0.3 is 15.5 Å². The number of para-hydroxylation sites is 1. The molecule has 3 N–H and O–H groups in total. The first-order valence-corrected chi connectivity index (χ1v) is 11.0. The molecule has 1 aromatic heterocycles. The highest BCUT2D eigenvalue weighted by atomic mass is 16.3. The lowest BCUT2D eigenvalue weighted by molar-refractivity contribution is 0.670. The van der Waals surface area contributed by atoms with Gasteiger partial charge in [-0.2, -0.15) is 0 Å². The van der Waals surface area contributed by atoms with E-state index < -0.39 is 0 Å². The molecule has 0 bridgehead atoms. The number of nitrogen functional groups attached to an aromatic ring is 1. The molecule has 0 spiro atoms. The van der Waals surface area contributed by atoms with Gasteiger partial charge in [-0.15, -0.1) is 0 Å². The average molecular weight is 427 g/mol. The molecule has 0 fully saturated rings. The molecule has 33 heavy (non-hydrogen) atoms.